The van der Waals surface area contributed by atoms with Gasteiger partial charge in [0.1, 0.15) is 5.76 Å². The fourth-order valence-electron chi connectivity index (χ4n) is 3.03. The maximum atomic E-state index is 12.5. The highest BCUT2D eigenvalue weighted by Gasteiger charge is 2.37. The van der Waals surface area contributed by atoms with E-state index in [1.807, 2.05) is 13.8 Å². The van der Waals surface area contributed by atoms with Crippen molar-refractivity contribution in [2.24, 2.45) is 0 Å². The first-order chi connectivity index (χ1) is 11.3. The van der Waals surface area contributed by atoms with E-state index in [9.17, 15) is 8.42 Å². The molecule has 0 saturated carbocycles. The van der Waals surface area contributed by atoms with Gasteiger partial charge in [-0.2, -0.15) is 17.0 Å². The van der Waals surface area contributed by atoms with Crippen LogP contribution in [0.15, 0.2) is 16.9 Å². The zero-order chi connectivity index (χ0) is 17.5. The molecule has 24 heavy (non-hydrogen) atoms. The van der Waals surface area contributed by atoms with Gasteiger partial charge in [-0.15, -0.1) is 0 Å². The quantitative estimate of drug-likeness (QED) is 0.832. The zero-order valence-electron chi connectivity index (χ0n) is 14.2. The van der Waals surface area contributed by atoms with Crippen molar-refractivity contribution in [3.05, 3.63) is 29.5 Å². The second kappa shape index (κ2) is 6.23. The molecule has 9 heteroatoms. The maximum Gasteiger partial charge on any atom is 0.282 e. The molecule has 0 radical (unpaired) electrons. The maximum absolute atomic E-state index is 12.5. The first kappa shape index (κ1) is 17.0. The third-order valence-corrected chi connectivity index (χ3v) is 6.20. The van der Waals surface area contributed by atoms with Crippen LogP contribution in [0.2, 0.25) is 0 Å². The standard InChI is InChI=1S/C15H21N5O3S/c1-10-15(11(2)23-18-10)13-9-16-8-12(17-13)14-6-5-7-20(14)24(21,22)19(3)4/h8-9,14H,5-7H2,1-4H3/t14-/m1/s1. The van der Waals surface area contributed by atoms with Gasteiger partial charge < -0.3 is 4.52 Å². The molecule has 0 amide bonds. The number of aryl methyl sites for hydroxylation is 2. The Bertz CT molecular complexity index is 827. The van der Waals surface area contributed by atoms with E-state index in [4.69, 9.17) is 4.52 Å². The van der Waals surface area contributed by atoms with E-state index in [0.29, 0.717) is 23.7 Å². The van der Waals surface area contributed by atoms with Crippen molar-refractivity contribution in [3.63, 3.8) is 0 Å². The molecule has 0 bridgehead atoms. The van der Waals surface area contributed by atoms with Crippen molar-refractivity contribution in [1.29, 1.82) is 0 Å². The van der Waals surface area contributed by atoms with Crippen molar-refractivity contribution in [3.8, 4) is 11.3 Å². The van der Waals surface area contributed by atoms with Gasteiger partial charge in [-0.05, 0) is 26.7 Å². The van der Waals surface area contributed by atoms with Crippen molar-refractivity contribution in [1.82, 2.24) is 23.7 Å². The van der Waals surface area contributed by atoms with Crippen LogP contribution in [0.5, 0.6) is 0 Å². The van der Waals surface area contributed by atoms with E-state index >= 15 is 0 Å². The number of hydrogen-bond donors (Lipinski definition) is 0. The average Bonchev–Trinajstić information content (AvgIpc) is 3.15. The van der Waals surface area contributed by atoms with Crippen LogP contribution < -0.4 is 0 Å². The second-order valence-electron chi connectivity index (χ2n) is 6.09. The van der Waals surface area contributed by atoms with Gasteiger partial charge in [-0.3, -0.25) is 4.98 Å². The lowest BCUT2D eigenvalue weighted by Gasteiger charge is -2.26. The largest absolute Gasteiger partial charge is 0.361 e. The van der Waals surface area contributed by atoms with Crippen LogP contribution in [-0.4, -0.2) is 52.8 Å². The summed E-state index contributed by atoms with van der Waals surface area (Å²) >= 11 is 0. The molecule has 0 aromatic carbocycles. The average molecular weight is 351 g/mol. The molecule has 1 fully saturated rings. The van der Waals surface area contributed by atoms with Crippen LogP contribution in [0.1, 0.15) is 36.0 Å². The minimum atomic E-state index is -3.49. The lowest BCUT2D eigenvalue weighted by molar-refractivity contribution is 0.357. The van der Waals surface area contributed by atoms with E-state index in [2.05, 4.69) is 15.1 Å². The third kappa shape index (κ3) is 2.83. The SMILES string of the molecule is Cc1noc(C)c1-c1cncc([C@H]2CCCN2S(=O)(=O)N(C)C)n1. The molecule has 3 rings (SSSR count). The minimum Gasteiger partial charge on any atom is -0.361 e. The van der Waals surface area contributed by atoms with Gasteiger partial charge >= 0.3 is 0 Å². The van der Waals surface area contributed by atoms with Crippen LogP contribution in [0, 0.1) is 13.8 Å². The van der Waals surface area contributed by atoms with Crippen LogP contribution in [0.4, 0.5) is 0 Å². The topological polar surface area (TPSA) is 92.4 Å². The first-order valence-electron chi connectivity index (χ1n) is 7.77. The van der Waals surface area contributed by atoms with Gasteiger partial charge in [0.05, 0.1) is 41.1 Å². The summed E-state index contributed by atoms with van der Waals surface area (Å²) in [7, 11) is -0.412. The summed E-state index contributed by atoms with van der Waals surface area (Å²) < 4.78 is 33.0. The van der Waals surface area contributed by atoms with Crippen LogP contribution in [0.25, 0.3) is 11.3 Å². The first-order valence-corrected chi connectivity index (χ1v) is 9.16. The number of rotatable bonds is 4. The highest BCUT2D eigenvalue weighted by Crippen LogP contribution is 2.35. The van der Waals surface area contributed by atoms with Crippen LogP contribution >= 0.6 is 0 Å². The normalized spacial score (nSPS) is 19.3. The molecule has 3 heterocycles. The van der Waals surface area contributed by atoms with Gasteiger partial charge in [0, 0.05) is 20.6 Å². The molecule has 1 aliphatic heterocycles. The molecule has 0 unspecified atom stereocenters. The van der Waals surface area contributed by atoms with Crippen molar-refractivity contribution in [2.45, 2.75) is 32.7 Å². The number of aromatic nitrogens is 3. The molecular formula is C15H21N5O3S. The Morgan fingerprint density at radius 2 is 2.04 bits per heavy atom. The Morgan fingerprint density at radius 1 is 1.29 bits per heavy atom. The molecule has 1 saturated heterocycles. The Labute approximate surface area is 141 Å². The van der Waals surface area contributed by atoms with E-state index in [1.165, 1.54) is 22.7 Å². The molecular weight excluding hydrogens is 330 g/mol. The number of nitrogens with zero attached hydrogens (tertiary/aromatic N) is 5. The summed E-state index contributed by atoms with van der Waals surface area (Å²) in [5.74, 6) is 0.670. The monoisotopic (exact) mass is 351 g/mol. The van der Waals surface area contributed by atoms with E-state index in [1.54, 1.807) is 12.4 Å². The van der Waals surface area contributed by atoms with Gasteiger partial charge in [0.25, 0.3) is 10.2 Å². The zero-order valence-corrected chi connectivity index (χ0v) is 15.0. The van der Waals surface area contributed by atoms with Crippen molar-refractivity contribution in [2.75, 3.05) is 20.6 Å². The Morgan fingerprint density at radius 3 is 2.67 bits per heavy atom. The molecule has 8 nitrogen and oxygen atoms in total. The Kier molecular flexibility index (Phi) is 4.41. The van der Waals surface area contributed by atoms with Crippen LogP contribution in [0.3, 0.4) is 0 Å². The molecule has 2 aromatic rings. The van der Waals surface area contributed by atoms with E-state index < -0.39 is 10.2 Å². The molecule has 0 aliphatic carbocycles. The van der Waals surface area contributed by atoms with Gasteiger partial charge in [0.15, 0.2) is 0 Å². The van der Waals surface area contributed by atoms with Gasteiger partial charge in [-0.1, -0.05) is 5.16 Å². The lowest BCUT2D eigenvalue weighted by Crippen LogP contribution is -2.39. The predicted molar refractivity (Wildman–Crippen MR) is 88.3 cm³/mol. The fourth-order valence-corrected chi connectivity index (χ4v) is 4.35. The molecule has 2 aromatic heterocycles. The summed E-state index contributed by atoms with van der Waals surface area (Å²) in [6.45, 7) is 4.16. The molecule has 0 spiro atoms. The van der Waals surface area contributed by atoms with Crippen molar-refractivity contribution < 1.29 is 12.9 Å². The van der Waals surface area contributed by atoms with Crippen molar-refractivity contribution >= 4 is 10.2 Å². The molecule has 1 atom stereocenters. The summed E-state index contributed by atoms with van der Waals surface area (Å²) in [6.07, 6.45) is 4.81. The van der Waals surface area contributed by atoms with Gasteiger partial charge in [0.2, 0.25) is 0 Å². The molecule has 0 N–H and O–H groups in total. The Hall–Kier alpha value is -1.84. The lowest BCUT2D eigenvalue weighted by atomic mass is 10.1. The Balaban J connectivity index is 2.00. The van der Waals surface area contributed by atoms with Crippen LogP contribution in [-0.2, 0) is 10.2 Å². The second-order valence-corrected chi connectivity index (χ2v) is 8.18. The van der Waals surface area contributed by atoms with Gasteiger partial charge in [-0.25, -0.2) is 4.98 Å². The summed E-state index contributed by atoms with van der Waals surface area (Å²) in [5, 5.41) is 3.94. The smallest absolute Gasteiger partial charge is 0.282 e. The summed E-state index contributed by atoms with van der Waals surface area (Å²) in [4.78, 5) is 8.92. The van der Waals surface area contributed by atoms with E-state index in [-0.39, 0.29) is 6.04 Å². The minimum absolute atomic E-state index is 0.301. The number of hydrogen-bond acceptors (Lipinski definition) is 6. The third-order valence-electron chi connectivity index (χ3n) is 4.25. The molecule has 130 valence electrons. The van der Waals surface area contributed by atoms with E-state index in [0.717, 1.165) is 24.1 Å². The predicted octanol–water partition coefficient (Wildman–Crippen LogP) is 1.69. The molecule has 1 aliphatic rings. The fraction of sp³-hybridized carbons (Fsp3) is 0.533. The highest BCUT2D eigenvalue weighted by atomic mass is 32.2. The summed E-state index contributed by atoms with van der Waals surface area (Å²) in [5.41, 5.74) is 2.85. The highest BCUT2D eigenvalue weighted by molar-refractivity contribution is 7.86. The summed E-state index contributed by atoms with van der Waals surface area (Å²) in [6, 6.07) is -0.301.